The first-order chi connectivity index (χ1) is 9.48. The number of ether oxygens (including phenoxy) is 1. The van der Waals surface area contributed by atoms with Crippen LogP contribution in [0.5, 0.6) is 0 Å². The molecule has 1 rings (SSSR count). The standard InChI is InChI=1S/C13H27N5O2/c1-6-20-18-9-10-19-12(15-8-7-14)13(18,17(4)5)16-11(2)3/h11-12,15-16H,6,8-10H2,1-5H3. The Labute approximate surface area is 121 Å². The summed E-state index contributed by atoms with van der Waals surface area (Å²) >= 11 is 0. The third-order valence-corrected chi connectivity index (χ3v) is 3.16. The molecule has 1 fully saturated rings. The van der Waals surface area contributed by atoms with Gasteiger partial charge in [0.25, 0.3) is 0 Å². The summed E-state index contributed by atoms with van der Waals surface area (Å²) < 4.78 is 5.85. The Morgan fingerprint density at radius 1 is 1.55 bits per heavy atom. The third-order valence-electron chi connectivity index (χ3n) is 3.16. The lowest BCUT2D eigenvalue weighted by atomic mass is 10.1. The van der Waals surface area contributed by atoms with Crippen LogP contribution in [0.2, 0.25) is 0 Å². The molecule has 0 aromatic rings. The van der Waals surface area contributed by atoms with Crippen molar-refractivity contribution in [1.29, 1.82) is 5.26 Å². The van der Waals surface area contributed by atoms with Gasteiger partial charge in [0.1, 0.15) is 0 Å². The Bertz CT molecular complexity index is 329. The maximum Gasteiger partial charge on any atom is 0.191 e. The normalized spacial score (nSPS) is 28.0. The molecule has 7 nitrogen and oxygen atoms in total. The van der Waals surface area contributed by atoms with Gasteiger partial charge in [-0.1, -0.05) is 0 Å². The summed E-state index contributed by atoms with van der Waals surface area (Å²) in [6, 6.07) is 2.33. The molecule has 0 saturated carbocycles. The van der Waals surface area contributed by atoms with Crippen LogP contribution in [0.4, 0.5) is 0 Å². The van der Waals surface area contributed by atoms with E-state index in [9.17, 15) is 0 Å². The van der Waals surface area contributed by atoms with E-state index in [1.807, 2.05) is 31.0 Å². The predicted molar refractivity (Wildman–Crippen MR) is 76.4 cm³/mol. The highest BCUT2D eigenvalue weighted by molar-refractivity contribution is 4.94. The lowest BCUT2D eigenvalue weighted by Gasteiger charge is -2.54. The van der Waals surface area contributed by atoms with Crippen LogP contribution < -0.4 is 10.6 Å². The van der Waals surface area contributed by atoms with Gasteiger partial charge < -0.3 is 4.74 Å². The van der Waals surface area contributed by atoms with E-state index in [1.54, 1.807) is 0 Å². The highest BCUT2D eigenvalue weighted by Crippen LogP contribution is 2.26. The first kappa shape index (κ1) is 17.3. The number of nitrogens with one attached hydrogen (secondary N) is 2. The Morgan fingerprint density at radius 3 is 2.75 bits per heavy atom. The molecule has 1 heterocycles. The van der Waals surface area contributed by atoms with Gasteiger partial charge in [0.2, 0.25) is 0 Å². The topological polar surface area (TPSA) is 72.8 Å². The van der Waals surface area contributed by atoms with Crippen molar-refractivity contribution in [1.82, 2.24) is 20.6 Å². The van der Waals surface area contributed by atoms with Crippen molar-refractivity contribution in [3.8, 4) is 6.07 Å². The second-order valence-corrected chi connectivity index (χ2v) is 5.23. The fourth-order valence-corrected chi connectivity index (χ4v) is 2.49. The predicted octanol–water partition coefficient (Wildman–Crippen LogP) is -0.0772. The van der Waals surface area contributed by atoms with Gasteiger partial charge in [-0.15, -0.1) is 5.06 Å². The van der Waals surface area contributed by atoms with Crippen molar-refractivity contribution in [2.45, 2.75) is 38.8 Å². The molecule has 0 radical (unpaired) electrons. The molecule has 2 N–H and O–H groups in total. The van der Waals surface area contributed by atoms with Crippen molar-refractivity contribution < 1.29 is 9.57 Å². The molecule has 0 aromatic heterocycles. The van der Waals surface area contributed by atoms with Crippen molar-refractivity contribution in [3.05, 3.63) is 0 Å². The molecule has 1 aliphatic heterocycles. The minimum absolute atomic E-state index is 0.222. The van der Waals surface area contributed by atoms with E-state index in [4.69, 9.17) is 14.8 Å². The second-order valence-electron chi connectivity index (χ2n) is 5.23. The number of morpholine rings is 1. The Balaban J connectivity index is 3.08. The monoisotopic (exact) mass is 285 g/mol. The number of likely N-dealkylation sites (N-methyl/N-ethyl adjacent to an activating group) is 1. The molecule has 1 aliphatic rings. The molecule has 0 amide bonds. The summed E-state index contributed by atoms with van der Waals surface area (Å²) in [4.78, 5) is 7.82. The van der Waals surface area contributed by atoms with Gasteiger partial charge >= 0.3 is 0 Å². The highest BCUT2D eigenvalue weighted by Gasteiger charge is 2.50. The molecule has 1 saturated heterocycles. The van der Waals surface area contributed by atoms with E-state index in [-0.39, 0.29) is 18.8 Å². The molecule has 0 aliphatic carbocycles. The van der Waals surface area contributed by atoms with E-state index >= 15 is 0 Å². The SMILES string of the molecule is CCON1CCOC(NCC#N)C1(NC(C)C)N(C)C. The maximum absolute atomic E-state index is 8.81. The van der Waals surface area contributed by atoms with Gasteiger partial charge in [0.05, 0.1) is 32.4 Å². The van der Waals surface area contributed by atoms with Crippen LogP contribution in [-0.4, -0.2) is 68.4 Å². The number of nitrogens with zero attached hydrogens (tertiary/aromatic N) is 3. The first-order valence-electron chi connectivity index (χ1n) is 7.06. The number of hydrogen-bond acceptors (Lipinski definition) is 7. The van der Waals surface area contributed by atoms with Gasteiger partial charge in [-0.2, -0.15) is 5.26 Å². The summed E-state index contributed by atoms with van der Waals surface area (Å²) in [5, 5.41) is 17.4. The quantitative estimate of drug-likeness (QED) is 0.501. The zero-order valence-electron chi connectivity index (χ0n) is 13.1. The van der Waals surface area contributed by atoms with Crippen LogP contribution in [0.1, 0.15) is 20.8 Å². The summed E-state index contributed by atoms with van der Waals surface area (Å²) in [7, 11) is 3.94. The molecule has 116 valence electrons. The van der Waals surface area contributed by atoms with Crippen LogP contribution in [-0.2, 0) is 9.57 Å². The van der Waals surface area contributed by atoms with E-state index in [0.717, 1.165) is 0 Å². The second kappa shape index (κ2) is 7.88. The van der Waals surface area contributed by atoms with Crippen molar-refractivity contribution in [2.75, 3.05) is 40.4 Å². The van der Waals surface area contributed by atoms with E-state index in [0.29, 0.717) is 19.8 Å². The number of nitriles is 1. The van der Waals surface area contributed by atoms with Crippen LogP contribution in [0.3, 0.4) is 0 Å². The molecule has 7 heteroatoms. The van der Waals surface area contributed by atoms with Crippen LogP contribution in [0.15, 0.2) is 0 Å². The maximum atomic E-state index is 8.81. The zero-order chi connectivity index (χ0) is 15.2. The molecular formula is C13H27N5O2. The minimum atomic E-state index is -0.653. The van der Waals surface area contributed by atoms with Crippen LogP contribution >= 0.6 is 0 Å². The number of hydroxylamine groups is 2. The molecule has 0 spiro atoms. The van der Waals surface area contributed by atoms with Gasteiger partial charge in [-0.25, -0.2) is 0 Å². The van der Waals surface area contributed by atoms with Gasteiger partial charge in [0.15, 0.2) is 12.0 Å². The lowest BCUT2D eigenvalue weighted by molar-refractivity contribution is -0.337. The highest BCUT2D eigenvalue weighted by atomic mass is 16.7. The van der Waals surface area contributed by atoms with E-state index in [2.05, 4.69) is 30.6 Å². The average Bonchev–Trinajstić information content (AvgIpc) is 2.38. The first-order valence-corrected chi connectivity index (χ1v) is 7.06. The summed E-state index contributed by atoms with van der Waals surface area (Å²) in [5.41, 5.74) is 0. The van der Waals surface area contributed by atoms with Crippen LogP contribution in [0.25, 0.3) is 0 Å². The number of hydrogen-bond donors (Lipinski definition) is 2. The lowest BCUT2D eigenvalue weighted by Crippen LogP contribution is -2.79. The smallest absolute Gasteiger partial charge is 0.191 e. The molecule has 2 atom stereocenters. The molecular weight excluding hydrogens is 258 g/mol. The fourth-order valence-electron chi connectivity index (χ4n) is 2.49. The van der Waals surface area contributed by atoms with Gasteiger partial charge in [0, 0.05) is 6.04 Å². The molecule has 0 aromatic carbocycles. The van der Waals surface area contributed by atoms with Crippen LogP contribution in [0, 0.1) is 11.3 Å². The third kappa shape index (κ3) is 3.67. The average molecular weight is 285 g/mol. The van der Waals surface area contributed by atoms with Crippen molar-refractivity contribution >= 4 is 0 Å². The molecule has 0 bridgehead atoms. The van der Waals surface area contributed by atoms with E-state index < -0.39 is 5.79 Å². The van der Waals surface area contributed by atoms with Crippen molar-refractivity contribution in [3.63, 3.8) is 0 Å². The van der Waals surface area contributed by atoms with Crippen molar-refractivity contribution in [2.24, 2.45) is 0 Å². The Morgan fingerprint density at radius 2 is 2.25 bits per heavy atom. The summed E-state index contributed by atoms with van der Waals surface area (Å²) in [6.45, 7) is 8.13. The summed E-state index contributed by atoms with van der Waals surface area (Å²) in [6.07, 6.45) is -0.361. The molecule has 2 unspecified atom stereocenters. The fraction of sp³-hybridized carbons (Fsp3) is 0.923. The van der Waals surface area contributed by atoms with Gasteiger partial charge in [-0.05, 0) is 34.9 Å². The summed E-state index contributed by atoms with van der Waals surface area (Å²) in [5.74, 6) is -0.653. The Hall–Kier alpha value is -0.750. The molecule has 20 heavy (non-hydrogen) atoms. The minimum Gasteiger partial charge on any atom is -0.357 e. The number of rotatable bonds is 7. The zero-order valence-corrected chi connectivity index (χ0v) is 13.1. The largest absolute Gasteiger partial charge is 0.357 e. The van der Waals surface area contributed by atoms with Gasteiger partial charge in [-0.3, -0.25) is 20.4 Å². The Kier molecular flexibility index (Phi) is 6.82. The van der Waals surface area contributed by atoms with E-state index in [1.165, 1.54) is 0 Å².